The van der Waals surface area contributed by atoms with Crippen LogP contribution in [0, 0.1) is 0 Å². The zero-order chi connectivity index (χ0) is 21.3. The monoisotopic (exact) mass is 543 g/mol. The zero-order valence-corrected chi connectivity index (χ0v) is 20.6. The van der Waals surface area contributed by atoms with Crippen molar-refractivity contribution in [2.45, 2.75) is 19.9 Å². The van der Waals surface area contributed by atoms with E-state index in [1.807, 2.05) is 37.3 Å². The summed E-state index contributed by atoms with van der Waals surface area (Å²) >= 11 is 0. The molecule has 9 heteroatoms. The van der Waals surface area contributed by atoms with E-state index >= 15 is 0 Å². The molecule has 0 saturated carbocycles. The summed E-state index contributed by atoms with van der Waals surface area (Å²) in [5.74, 6) is 3.90. The Kier molecular flexibility index (Phi) is 9.83. The second kappa shape index (κ2) is 12.3. The van der Waals surface area contributed by atoms with E-state index in [1.54, 1.807) is 21.3 Å². The molecule has 2 aromatic rings. The third-order valence-corrected chi connectivity index (χ3v) is 4.55. The van der Waals surface area contributed by atoms with Gasteiger partial charge in [-0.2, -0.15) is 0 Å². The lowest BCUT2D eigenvalue weighted by atomic mass is 10.1. The van der Waals surface area contributed by atoms with Crippen LogP contribution < -0.4 is 34.3 Å². The molecule has 1 aliphatic rings. The van der Waals surface area contributed by atoms with Gasteiger partial charge in [0.05, 0.1) is 41.1 Å². The lowest BCUT2D eigenvalue weighted by Gasteiger charge is -2.16. The van der Waals surface area contributed by atoms with E-state index in [0.717, 1.165) is 35.7 Å². The molecule has 31 heavy (non-hydrogen) atoms. The van der Waals surface area contributed by atoms with Gasteiger partial charge in [0.25, 0.3) is 0 Å². The van der Waals surface area contributed by atoms with Crippen LogP contribution in [0.15, 0.2) is 35.3 Å². The third kappa shape index (κ3) is 6.22. The molecule has 0 amide bonds. The molecule has 3 rings (SSSR count). The first-order chi connectivity index (χ1) is 14.7. The fraction of sp³-hybridized carbons (Fsp3) is 0.409. The van der Waals surface area contributed by atoms with Crippen molar-refractivity contribution >= 4 is 35.6 Å². The molecule has 0 fully saturated rings. The molecule has 2 aromatic carbocycles. The predicted molar refractivity (Wildman–Crippen MR) is 132 cm³/mol. The van der Waals surface area contributed by atoms with E-state index in [1.165, 1.54) is 0 Å². The van der Waals surface area contributed by atoms with Crippen LogP contribution in [0.2, 0.25) is 0 Å². The van der Waals surface area contributed by atoms with Crippen LogP contribution in [0.4, 0.5) is 5.69 Å². The van der Waals surface area contributed by atoms with Gasteiger partial charge in [-0.3, -0.25) is 0 Å². The third-order valence-electron chi connectivity index (χ3n) is 4.55. The minimum absolute atomic E-state index is 0. The second-order valence-corrected chi connectivity index (χ2v) is 6.53. The van der Waals surface area contributed by atoms with Crippen molar-refractivity contribution in [1.29, 1.82) is 0 Å². The van der Waals surface area contributed by atoms with Gasteiger partial charge in [-0.1, -0.05) is 0 Å². The van der Waals surface area contributed by atoms with Gasteiger partial charge in [0, 0.05) is 30.3 Å². The number of fused-ring (bicyclic) bond motifs is 1. The highest BCUT2D eigenvalue weighted by atomic mass is 127. The number of guanidine groups is 1. The summed E-state index contributed by atoms with van der Waals surface area (Å²) in [6.07, 6.45) is 0.870. The Bertz CT molecular complexity index is 892. The highest BCUT2D eigenvalue weighted by molar-refractivity contribution is 14.0. The Morgan fingerprint density at radius 2 is 1.71 bits per heavy atom. The number of nitrogens with one attached hydrogen (secondary N) is 2. The molecular weight excluding hydrogens is 513 g/mol. The summed E-state index contributed by atoms with van der Waals surface area (Å²) in [6.45, 7) is 4.44. The maximum absolute atomic E-state index is 5.77. The summed E-state index contributed by atoms with van der Waals surface area (Å²) in [5, 5.41) is 6.57. The standard InChI is InChI=1S/C22H29N3O5.HI/c1-5-23-22(25-16-8-10-17-19(13-16)30-12-6-11-29-17)24-14-15-7-9-18(26-2)21(28-4)20(15)27-3;/h7-10,13H,5-6,11-12,14H2,1-4H3,(H2,23,24,25);1H. The molecule has 1 heterocycles. The summed E-state index contributed by atoms with van der Waals surface area (Å²) in [7, 11) is 4.78. The van der Waals surface area contributed by atoms with Crippen molar-refractivity contribution in [2.24, 2.45) is 4.99 Å². The van der Waals surface area contributed by atoms with Crippen molar-refractivity contribution in [3.63, 3.8) is 0 Å². The fourth-order valence-corrected chi connectivity index (χ4v) is 3.14. The SMILES string of the molecule is CCNC(=NCc1ccc(OC)c(OC)c1OC)Nc1ccc2c(c1)OCCCO2.I. The first kappa shape index (κ1) is 24.7. The van der Waals surface area contributed by atoms with Gasteiger partial charge in [-0.15, -0.1) is 24.0 Å². The van der Waals surface area contributed by atoms with Crippen molar-refractivity contribution in [1.82, 2.24) is 5.32 Å². The largest absolute Gasteiger partial charge is 0.493 e. The smallest absolute Gasteiger partial charge is 0.203 e. The number of methoxy groups -OCH3 is 3. The number of aliphatic imine (C=N–C) groups is 1. The maximum atomic E-state index is 5.77. The molecular formula is C22H30IN3O5. The summed E-state index contributed by atoms with van der Waals surface area (Å²) < 4.78 is 27.8. The van der Waals surface area contributed by atoms with Crippen LogP contribution in [0.3, 0.4) is 0 Å². The van der Waals surface area contributed by atoms with Crippen LogP contribution in [-0.2, 0) is 6.54 Å². The summed E-state index contributed by atoms with van der Waals surface area (Å²) in [4.78, 5) is 4.70. The molecule has 0 radical (unpaired) electrons. The topological polar surface area (TPSA) is 82.6 Å². The van der Waals surface area contributed by atoms with Crippen LogP contribution in [0.5, 0.6) is 28.7 Å². The molecule has 0 saturated heterocycles. The van der Waals surface area contributed by atoms with Crippen molar-refractivity contribution in [3.8, 4) is 28.7 Å². The average molecular weight is 543 g/mol. The number of hydrogen-bond acceptors (Lipinski definition) is 6. The summed E-state index contributed by atoms with van der Waals surface area (Å²) in [6, 6.07) is 9.53. The summed E-state index contributed by atoms with van der Waals surface area (Å²) in [5.41, 5.74) is 1.74. The van der Waals surface area contributed by atoms with Gasteiger partial charge in [-0.25, -0.2) is 4.99 Å². The Morgan fingerprint density at radius 1 is 0.968 bits per heavy atom. The number of nitrogens with zero attached hydrogens (tertiary/aromatic N) is 1. The van der Waals surface area contributed by atoms with E-state index in [2.05, 4.69) is 10.6 Å². The van der Waals surface area contributed by atoms with E-state index < -0.39 is 0 Å². The second-order valence-electron chi connectivity index (χ2n) is 6.53. The first-order valence-electron chi connectivity index (χ1n) is 9.93. The Hall–Kier alpha value is -2.56. The van der Waals surface area contributed by atoms with Gasteiger partial charge in [0.2, 0.25) is 5.75 Å². The van der Waals surface area contributed by atoms with Crippen LogP contribution in [0.1, 0.15) is 18.9 Å². The highest BCUT2D eigenvalue weighted by Crippen LogP contribution is 2.40. The molecule has 0 aromatic heterocycles. The fourth-order valence-electron chi connectivity index (χ4n) is 3.14. The number of benzene rings is 2. The molecule has 0 unspecified atom stereocenters. The minimum atomic E-state index is 0. The molecule has 2 N–H and O–H groups in total. The lowest BCUT2D eigenvalue weighted by molar-refractivity contribution is 0.297. The Morgan fingerprint density at radius 3 is 2.39 bits per heavy atom. The first-order valence-corrected chi connectivity index (χ1v) is 9.93. The maximum Gasteiger partial charge on any atom is 0.203 e. The van der Waals surface area contributed by atoms with Crippen molar-refractivity contribution in [3.05, 3.63) is 35.9 Å². The van der Waals surface area contributed by atoms with Gasteiger partial charge < -0.3 is 34.3 Å². The molecule has 170 valence electrons. The molecule has 0 bridgehead atoms. The Labute approximate surface area is 200 Å². The van der Waals surface area contributed by atoms with E-state index in [4.69, 9.17) is 28.7 Å². The molecule has 0 aliphatic carbocycles. The van der Waals surface area contributed by atoms with Gasteiger partial charge in [0.15, 0.2) is 29.0 Å². The zero-order valence-electron chi connectivity index (χ0n) is 18.3. The van der Waals surface area contributed by atoms with E-state index in [-0.39, 0.29) is 24.0 Å². The normalized spacial score (nSPS) is 12.8. The predicted octanol–water partition coefficient (Wildman–Crippen LogP) is 4.07. The number of rotatable bonds is 7. The Balaban J connectivity index is 0.00000341. The average Bonchev–Trinajstić information content (AvgIpc) is 3.01. The number of hydrogen-bond donors (Lipinski definition) is 2. The molecule has 0 spiro atoms. The lowest BCUT2D eigenvalue weighted by Crippen LogP contribution is -2.30. The van der Waals surface area contributed by atoms with Crippen LogP contribution >= 0.6 is 24.0 Å². The van der Waals surface area contributed by atoms with Crippen molar-refractivity contribution in [2.75, 3.05) is 46.4 Å². The van der Waals surface area contributed by atoms with Gasteiger partial charge >= 0.3 is 0 Å². The van der Waals surface area contributed by atoms with Gasteiger partial charge in [0.1, 0.15) is 0 Å². The van der Waals surface area contributed by atoms with E-state index in [9.17, 15) is 0 Å². The number of ether oxygens (including phenoxy) is 5. The number of anilines is 1. The quantitative estimate of drug-likeness (QED) is 0.310. The van der Waals surface area contributed by atoms with Crippen LogP contribution in [-0.4, -0.2) is 47.0 Å². The molecule has 0 atom stereocenters. The van der Waals surface area contributed by atoms with E-state index in [0.29, 0.717) is 43.0 Å². The minimum Gasteiger partial charge on any atom is -0.493 e. The van der Waals surface area contributed by atoms with Crippen molar-refractivity contribution < 1.29 is 23.7 Å². The highest BCUT2D eigenvalue weighted by Gasteiger charge is 2.16. The molecule has 1 aliphatic heterocycles. The van der Waals surface area contributed by atoms with Crippen LogP contribution in [0.25, 0.3) is 0 Å². The molecule has 8 nitrogen and oxygen atoms in total. The van der Waals surface area contributed by atoms with Gasteiger partial charge in [-0.05, 0) is 31.2 Å². The number of halogens is 1.